The second-order valence-electron chi connectivity index (χ2n) is 5.85. The number of hydrogen-bond donors (Lipinski definition) is 1. The van der Waals surface area contributed by atoms with Crippen LogP contribution in [0.4, 0.5) is 0 Å². The van der Waals surface area contributed by atoms with Crippen molar-refractivity contribution in [1.82, 2.24) is 10.2 Å². The SMILES string of the molecule is CCC(C)[C@H](c1cc(OC)c(OC)cc1Br)N1CCNCC1.Cl.Cl. The first-order chi connectivity index (χ1) is 10.6. The number of nitrogens with zero attached hydrogens (tertiary/aromatic N) is 1. The van der Waals surface area contributed by atoms with Crippen molar-refractivity contribution in [1.29, 1.82) is 0 Å². The second-order valence-corrected chi connectivity index (χ2v) is 6.70. The van der Waals surface area contributed by atoms with Gasteiger partial charge in [-0.1, -0.05) is 36.2 Å². The normalized spacial score (nSPS) is 17.2. The van der Waals surface area contributed by atoms with E-state index in [1.165, 1.54) is 5.56 Å². The Morgan fingerprint density at radius 3 is 2.17 bits per heavy atom. The largest absolute Gasteiger partial charge is 0.493 e. The third-order valence-electron chi connectivity index (χ3n) is 4.55. The molecule has 2 atom stereocenters. The molecule has 0 aromatic heterocycles. The van der Waals surface area contributed by atoms with Crippen LogP contribution in [0.15, 0.2) is 16.6 Å². The minimum Gasteiger partial charge on any atom is -0.493 e. The molecule has 0 bridgehead atoms. The zero-order chi connectivity index (χ0) is 16.1. The molecule has 0 amide bonds. The van der Waals surface area contributed by atoms with Crippen LogP contribution < -0.4 is 14.8 Å². The van der Waals surface area contributed by atoms with Crippen molar-refractivity contribution < 1.29 is 9.47 Å². The number of halogens is 3. The summed E-state index contributed by atoms with van der Waals surface area (Å²) < 4.78 is 12.0. The molecule has 1 aliphatic rings. The third kappa shape index (κ3) is 5.40. The van der Waals surface area contributed by atoms with E-state index in [0.29, 0.717) is 12.0 Å². The second kappa shape index (κ2) is 11.4. The van der Waals surface area contributed by atoms with E-state index < -0.39 is 0 Å². The van der Waals surface area contributed by atoms with Gasteiger partial charge in [0.05, 0.1) is 14.2 Å². The van der Waals surface area contributed by atoms with Gasteiger partial charge in [0.15, 0.2) is 11.5 Å². The lowest BCUT2D eigenvalue weighted by Crippen LogP contribution is -2.46. The van der Waals surface area contributed by atoms with E-state index in [9.17, 15) is 0 Å². The van der Waals surface area contributed by atoms with E-state index in [-0.39, 0.29) is 24.8 Å². The number of nitrogens with one attached hydrogen (secondary N) is 1. The molecule has 0 saturated carbocycles. The van der Waals surface area contributed by atoms with Crippen LogP contribution in [0.5, 0.6) is 11.5 Å². The fraction of sp³-hybridized carbons (Fsp3) is 0.647. The summed E-state index contributed by atoms with van der Waals surface area (Å²) in [6.45, 7) is 8.85. The van der Waals surface area contributed by atoms with Crippen molar-refractivity contribution in [3.63, 3.8) is 0 Å². The van der Waals surface area contributed by atoms with Crippen LogP contribution in [-0.2, 0) is 0 Å². The molecule has 0 spiro atoms. The third-order valence-corrected chi connectivity index (χ3v) is 5.24. The Hall–Kier alpha value is -0.200. The molecule has 1 saturated heterocycles. The van der Waals surface area contributed by atoms with Crippen molar-refractivity contribution in [3.05, 3.63) is 22.2 Å². The molecular weight excluding hydrogens is 415 g/mol. The molecule has 1 aromatic rings. The van der Waals surface area contributed by atoms with Gasteiger partial charge in [0.2, 0.25) is 0 Å². The Morgan fingerprint density at radius 1 is 1.12 bits per heavy atom. The standard InChI is InChI=1S/C17H27BrN2O2.2ClH/c1-5-12(2)17(20-8-6-19-7-9-20)13-10-15(21-3)16(22-4)11-14(13)18;;/h10-12,17,19H,5-9H2,1-4H3;2*1H/t12?,17-;;/m1../s1. The van der Waals surface area contributed by atoms with Crippen molar-refractivity contribution in [2.75, 3.05) is 40.4 Å². The molecule has 1 aromatic carbocycles. The number of piperazine rings is 1. The van der Waals surface area contributed by atoms with E-state index in [4.69, 9.17) is 9.47 Å². The molecule has 1 N–H and O–H groups in total. The van der Waals surface area contributed by atoms with E-state index in [1.807, 2.05) is 6.07 Å². The monoisotopic (exact) mass is 442 g/mol. The van der Waals surface area contributed by atoms with E-state index in [0.717, 1.165) is 48.6 Å². The highest BCUT2D eigenvalue weighted by Crippen LogP contribution is 2.41. The van der Waals surface area contributed by atoms with Gasteiger partial charge in [-0.3, -0.25) is 4.90 Å². The Bertz CT molecular complexity index is 500. The van der Waals surface area contributed by atoms with Crippen molar-refractivity contribution >= 4 is 40.7 Å². The van der Waals surface area contributed by atoms with E-state index in [1.54, 1.807) is 14.2 Å². The van der Waals surface area contributed by atoms with Gasteiger partial charge in [0.25, 0.3) is 0 Å². The zero-order valence-electron chi connectivity index (χ0n) is 14.8. The maximum atomic E-state index is 5.51. The predicted molar refractivity (Wildman–Crippen MR) is 108 cm³/mol. The van der Waals surface area contributed by atoms with E-state index >= 15 is 0 Å². The summed E-state index contributed by atoms with van der Waals surface area (Å²) in [6.07, 6.45) is 1.15. The van der Waals surface area contributed by atoms with Crippen LogP contribution in [0.3, 0.4) is 0 Å². The van der Waals surface area contributed by atoms with Crippen molar-refractivity contribution in [3.8, 4) is 11.5 Å². The van der Waals surface area contributed by atoms with Crippen molar-refractivity contribution in [2.45, 2.75) is 26.3 Å². The predicted octanol–water partition coefficient (Wildman–Crippen LogP) is 4.30. The highest BCUT2D eigenvalue weighted by molar-refractivity contribution is 9.10. The summed E-state index contributed by atoms with van der Waals surface area (Å²) in [5.41, 5.74) is 1.29. The van der Waals surface area contributed by atoms with Gasteiger partial charge in [-0.05, 0) is 23.6 Å². The molecule has 1 unspecified atom stereocenters. The molecule has 140 valence electrons. The van der Waals surface area contributed by atoms with Crippen LogP contribution in [0.25, 0.3) is 0 Å². The van der Waals surface area contributed by atoms with Crippen molar-refractivity contribution in [2.24, 2.45) is 5.92 Å². The molecule has 4 nitrogen and oxygen atoms in total. The topological polar surface area (TPSA) is 33.7 Å². The zero-order valence-corrected chi connectivity index (χ0v) is 18.0. The van der Waals surface area contributed by atoms with Gasteiger partial charge in [-0.2, -0.15) is 0 Å². The number of ether oxygens (including phenoxy) is 2. The molecule has 2 rings (SSSR count). The quantitative estimate of drug-likeness (QED) is 0.710. The lowest BCUT2D eigenvalue weighted by molar-refractivity contribution is 0.127. The van der Waals surface area contributed by atoms with Crippen LogP contribution >= 0.6 is 40.7 Å². The lowest BCUT2D eigenvalue weighted by atomic mass is 9.90. The molecule has 7 heteroatoms. The van der Waals surface area contributed by atoms with Gasteiger partial charge in [-0.25, -0.2) is 0 Å². The number of hydrogen-bond acceptors (Lipinski definition) is 4. The Kier molecular flexibility index (Phi) is 11.3. The average molecular weight is 444 g/mol. The summed E-state index contributed by atoms with van der Waals surface area (Å²) in [5, 5.41) is 3.44. The Labute approximate surface area is 166 Å². The first-order valence-electron chi connectivity index (χ1n) is 7.98. The van der Waals surface area contributed by atoms with E-state index in [2.05, 4.69) is 46.1 Å². The lowest BCUT2D eigenvalue weighted by Gasteiger charge is -2.39. The molecular formula is C17H29BrCl2N2O2. The van der Waals surface area contributed by atoms with Gasteiger partial charge >= 0.3 is 0 Å². The first kappa shape index (κ1) is 23.8. The summed E-state index contributed by atoms with van der Waals surface area (Å²) in [4.78, 5) is 2.58. The Balaban J connectivity index is 0.00000264. The number of benzene rings is 1. The fourth-order valence-electron chi connectivity index (χ4n) is 3.14. The molecule has 24 heavy (non-hydrogen) atoms. The summed E-state index contributed by atoms with van der Waals surface area (Å²) in [5.74, 6) is 2.14. The fourth-order valence-corrected chi connectivity index (χ4v) is 3.70. The van der Waals surface area contributed by atoms with Crippen LogP contribution in [0, 0.1) is 5.92 Å². The molecule has 0 aliphatic carbocycles. The van der Waals surface area contributed by atoms with Gasteiger partial charge in [0, 0.05) is 36.7 Å². The Morgan fingerprint density at radius 2 is 1.67 bits per heavy atom. The molecule has 1 aliphatic heterocycles. The average Bonchev–Trinajstić information content (AvgIpc) is 2.56. The van der Waals surface area contributed by atoms with Crippen LogP contribution in [0.1, 0.15) is 31.9 Å². The molecule has 0 radical (unpaired) electrons. The summed E-state index contributed by atoms with van der Waals surface area (Å²) in [6, 6.07) is 4.54. The smallest absolute Gasteiger partial charge is 0.161 e. The molecule has 1 fully saturated rings. The maximum Gasteiger partial charge on any atom is 0.161 e. The van der Waals surface area contributed by atoms with Gasteiger partial charge in [-0.15, -0.1) is 24.8 Å². The van der Waals surface area contributed by atoms with Gasteiger partial charge in [0.1, 0.15) is 0 Å². The van der Waals surface area contributed by atoms with Crippen LogP contribution in [-0.4, -0.2) is 45.3 Å². The first-order valence-corrected chi connectivity index (χ1v) is 8.77. The highest BCUT2D eigenvalue weighted by Gasteiger charge is 2.29. The number of methoxy groups -OCH3 is 2. The van der Waals surface area contributed by atoms with Gasteiger partial charge < -0.3 is 14.8 Å². The summed E-state index contributed by atoms with van der Waals surface area (Å²) in [7, 11) is 3.37. The minimum atomic E-state index is 0. The minimum absolute atomic E-state index is 0. The summed E-state index contributed by atoms with van der Waals surface area (Å²) >= 11 is 3.74. The maximum absolute atomic E-state index is 5.51. The van der Waals surface area contributed by atoms with Crippen LogP contribution in [0.2, 0.25) is 0 Å². The number of rotatable bonds is 6. The highest BCUT2D eigenvalue weighted by atomic mass is 79.9. The molecule has 1 heterocycles.